The van der Waals surface area contributed by atoms with Crippen LogP contribution in [0, 0.1) is 5.82 Å². The van der Waals surface area contributed by atoms with Crippen molar-refractivity contribution in [2.24, 2.45) is 7.05 Å². The zero-order chi connectivity index (χ0) is 22.5. The molecule has 1 fully saturated rings. The van der Waals surface area contributed by atoms with Crippen LogP contribution in [-0.4, -0.2) is 25.6 Å². The number of halogens is 1. The van der Waals surface area contributed by atoms with Crippen molar-refractivity contribution in [3.05, 3.63) is 83.1 Å². The van der Waals surface area contributed by atoms with Crippen LogP contribution in [0.2, 0.25) is 0 Å². The lowest BCUT2D eigenvalue weighted by molar-refractivity contribution is 0.0764. The van der Waals surface area contributed by atoms with Crippen LogP contribution in [0.1, 0.15) is 58.8 Å². The van der Waals surface area contributed by atoms with Gasteiger partial charge in [-0.05, 0) is 59.7 Å². The summed E-state index contributed by atoms with van der Waals surface area (Å²) >= 11 is 0. The third-order valence-electron chi connectivity index (χ3n) is 7.10. The van der Waals surface area contributed by atoms with Crippen LogP contribution in [0.3, 0.4) is 0 Å². The van der Waals surface area contributed by atoms with Gasteiger partial charge in [0.25, 0.3) is 5.91 Å². The molecule has 2 aromatic heterocycles. The summed E-state index contributed by atoms with van der Waals surface area (Å²) in [5, 5.41) is 5.52. The Morgan fingerprint density at radius 1 is 1.09 bits per heavy atom. The Kier molecular flexibility index (Phi) is 4.75. The minimum absolute atomic E-state index is 0.0703. The van der Waals surface area contributed by atoms with E-state index in [1.54, 1.807) is 34.0 Å². The van der Waals surface area contributed by atoms with E-state index in [0.29, 0.717) is 23.6 Å². The Morgan fingerprint density at radius 2 is 1.91 bits per heavy atom. The number of nitrogens with zero attached hydrogens (tertiary/aromatic N) is 4. The van der Waals surface area contributed by atoms with Crippen molar-refractivity contribution in [2.45, 2.75) is 44.7 Å². The molecule has 0 N–H and O–H groups in total. The first-order valence-corrected chi connectivity index (χ1v) is 11.6. The van der Waals surface area contributed by atoms with E-state index in [1.807, 2.05) is 31.4 Å². The van der Waals surface area contributed by atoms with Crippen molar-refractivity contribution in [2.75, 3.05) is 0 Å². The molecular formula is C27H25FN4O. The molecule has 2 aromatic carbocycles. The average molecular weight is 441 g/mol. The van der Waals surface area contributed by atoms with Crippen LogP contribution in [0.25, 0.3) is 22.0 Å². The minimum Gasteiger partial charge on any atom is -0.328 e. The molecule has 0 unspecified atom stereocenters. The van der Waals surface area contributed by atoms with E-state index >= 15 is 4.39 Å². The maximum Gasteiger partial charge on any atom is 0.256 e. The van der Waals surface area contributed by atoms with Crippen LogP contribution in [0.4, 0.5) is 4.39 Å². The number of pyridine rings is 1. The number of rotatable bonds is 4. The Morgan fingerprint density at radius 3 is 2.73 bits per heavy atom. The number of fused-ring (bicyclic) bond motifs is 2. The second kappa shape index (κ2) is 7.80. The summed E-state index contributed by atoms with van der Waals surface area (Å²) in [6.45, 7) is 0.694. The van der Waals surface area contributed by atoms with E-state index in [0.717, 1.165) is 59.0 Å². The molecule has 0 bridgehead atoms. The summed E-state index contributed by atoms with van der Waals surface area (Å²) < 4.78 is 17.6. The van der Waals surface area contributed by atoms with Gasteiger partial charge in [-0.2, -0.15) is 5.10 Å². The van der Waals surface area contributed by atoms with E-state index in [2.05, 4.69) is 16.1 Å². The second-order valence-electron chi connectivity index (χ2n) is 9.21. The highest BCUT2D eigenvalue weighted by molar-refractivity contribution is 5.98. The van der Waals surface area contributed by atoms with Gasteiger partial charge >= 0.3 is 0 Å². The van der Waals surface area contributed by atoms with Gasteiger partial charge in [-0.1, -0.05) is 31.0 Å². The molecule has 6 heteroatoms. The Labute approximate surface area is 191 Å². The Balaban J connectivity index is 1.43. The largest absolute Gasteiger partial charge is 0.328 e. The highest BCUT2D eigenvalue weighted by Gasteiger charge is 2.31. The van der Waals surface area contributed by atoms with Gasteiger partial charge in [0, 0.05) is 36.9 Å². The van der Waals surface area contributed by atoms with E-state index in [9.17, 15) is 4.79 Å². The lowest BCUT2D eigenvalue weighted by Crippen LogP contribution is -2.25. The van der Waals surface area contributed by atoms with E-state index in [4.69, 9.17) is 0 Å². The van der Waals surface area contributed by atoms with Gasteiger partial charge in [-0.3, -0.25) is 14.5 Å². The lowest BCUT2D eigenvalue weighted by Gasteiger charge is -2.22. The molecule has 166 valence electrons. The first-order chi connectivity index (χ1) is 16.1. The van der Waals surface area contributed by atoms with E-state index < -0.39 is 0 Å². The molecule has 1 amide bonds. The van der Waals surface area contributed by atoms with Crippen LogP contribution in [-0.2, 0) is 20.1 Å². The zero-order valence-corrected chi connectivity index (χ0v) is 18.6. The first-order valence-electron chi connectivity index (χ1n) is 11.6. The molecular weight excluding hydrogens is 415 g/mol. The summed E-state index contributed by atoms with van der Waals surface area (Å²) in [5.74, 6) is 0.00633. The lowest BCUT2D eigenvalue weighted by atomic mass is 9.88. The molecule has 0 atom stereocenters. The number of hydrogen-bond donors (Lipinski definition) is 0. The predicted octanol–water partition coefficient (Wildman–Crippen LogP) is 5.59. The highest BCUT2D eigenvalue weighted by atomic mass is 19.1. The maximum atomic E-state index is 15.8. The number of carbonyl (C=O) groups is 1. The number of benzene rings is 2. The summed E-state index contributed by atoms with van der Waals surface area (Å²) in [6.07, 6.45) is 8.12. The topological polar surface area (TPSA) is 51.0 Å². The number of carbonyl (C=O) groups excluding carboxylic acids is 1. The van der Waals surface area contributed by atoms with Gasteiger partial charge < -0.3 is 4.90 Å². The molecule has 6 rings (SSSR count). The molecule has 1 aliphatic heterocycles. The summed E-state index contributed by atoms with van der Waals surface area (Å²) in [6, 6.07) is 13.3. The van der Waals surface area contributed by atoms with Crippen LogP contribution < -0.4 is 0 Å². The molecule has 33 heavy (non-hydrogen) atoms. The highest BCUT2D eigenvalue weighted by Crippen LogP contribution is 2.40. The smallest absolute Gasteiger partial charge is 0.256 e. The van der Waals surface area contributed by atoms with Gasteiger partial charge in [-0.15, -0.1) is 0 Å². The predicted molar refractivity (Wildman–Crippen MR) is 125 cm³/mol. The summed E-state index contributed by atoms with van der Waals surface area (Å²) in [5.41, 5.74) is 5.83. The maximum absolute atomic E-state index is 15.8. The zero-order valence-electron chi connectivity index (χ0n) is 18.6. The van der Waals surface area contributed by atoms with Gasteiger partial charge in [0.2, 0.25) is 0 Å². The molecule has 0 radical (unpaired) electrons. The van der Waals surface area contributed by atoms with Crippen molar-refractivity contribution in [3.63, 3.8) is 0 Å². The van der Waals surface area contributed by atoms with Crippen molar-refractivity contribution < 1.29 is 9.18 Å². The SMILES string of the molecule is Cn1cc2c(-c3cc(F)c(CN4Cc5ncccc5C4=O)c(C4CCCC4)c3)cccc2n1. The molecule has 5 nitrogen and oxygen atoms in total. The van der Waals surface area contributed by atoms with Gasteiger partial charge in [-0.25, -0.2) is 4.39 Å². The monoisotopic (exact) mass is 440 g/mol. The van der Waals surface area contributed by atoms with Crippen molar-refractivity contribution in [1.82, 2.24) is 19.7 Å². The molecule has 2 aliphatic rings. The molecule has 1 saturated carbocycles. The van der Waals surface area contributed by atoms with Gasteiger partial charge in [0.05, 0.1) is 23.3 Å². The van der Waals surface area contributed by atoms with Crippen LogP contribution in [0.15, 0.2) is 54.9 Å². The minimum atomic E-state index is -0.244. The van der Waals surface area contributed by atoms with Gasteiger partial charge in [0.15, 0.2) is 0 Å². The standard InChI is InChI=1S/C27H25FN4O/c1-31-14-23-19(8-4-10-25(23)30-31)18-12-21(17-6-2-3-7-17)22(24(28)13-18)15-32-16-26-20(27(32)33)9-5-11-29-26/h4-5,8-14,17H,2-3,6-7,15-16H2,1H3. The first kappa shape index (κ1) is 20.1. The number of aryl methyl sites for hydroxylation is 1. The van der Waals surface area contributed by atoms with E-state index in [1.165, 1.54) is 0 Å². The molecule has 3 heterocycles. The fraction of sp³-hybridized carbons (Fsp3) is 0.296. The second-order valence-corrected chi connectivity index (χ2v) is 9.21. The molecule has 4 aromatic rings. The fourth-order valence-corrected chi connectivity index (χ4v) is 5.49. The normalized spacial score (nSPS) is 16.2. The Hall–Kier alpha value is -3.54. The third kappa shape index (κ3) is 3.41. The number of amides is 1. The van der Waals surface area contributed by atoms with Crippen LogP contribution in [0.5, 0.6) is 0 Å². The molecule has 1 aliphatic carbocycles. The molecule has 0 spiro atoms. The quantitative estimate of drug-likeness (QED) is 0.416. The number of hydrogen-bond acceptors (Lipinski definition) is 3. The number of aromatic nitrogens is 3. The van der Waals surface area contributed by atoms with Crippen molar-refractivity contribution >= 4 is 16.8 Å². The van der Waals surface area contributed by atoms with Crippen LogP contribution >= 0.6 is 0 Å². The summed E-state index contributed by atoms with van der Waals surface area (Å²) in [7, 11) is 1.90. The molecule has 0 saturated heterocycles. The van der Waals surface area contributed by atoms with E-state index in [-0.39, 0.29) is 18.3 Å². The third-order valence-corrected chi connectivity index (χ3v) is 7.10. The average Bonchev–Trinajstić information content (AvgIpc) is 3.54. The van der Waals surface area contributed by atoms with Crippen molar-refractivity contribution in [1.29, 1.82) is 0 Å². The fourth-order valence-electron chi connectivity index (χ4n) is 5.49. The van der Waals surface area contributed by atoms with Gasteiger partial charge in [0.1, 0.15) is 5.82 Å². The van der Waals surface area contributed by atoms with Crippen molar-refractivity contribution in [3.8, 4) is 11.1 Å². The Bertz CT molecular complexity index is 1390. The summed E-state index contributed by atoms with van der Waals surface area (Å²) in [4.78, 5) is 19.0.